The minimum Gasteiger partial charge on any atom is -0.424 e. The van der Waals surface area contributed by atoms with Crippen molar-refractivity contribution in [1.82, 2.24) is 35.7 Å². The molecule has 1 N–H and O–H groups in total. The topological polar surface area (TPSA) is 94.5 Å². The van der Waals surface area contributed by atoms with Crippen molar-refractivity contribution in [2.24, 2.45) is 0 Å². The first-order valence-corrected chi connectivity index (χ1v) is 7.77. The fourth-order valence-corrected chi connectivity index (χ4v) is 2.46. The third kappa shape index (κ3) is 3.54. The van der Waals surface area contributed by atoms with Gasteiger partial charge in [0.2, 0.25) is 16.9 Å². The van der Waals surface area contributed by atoms with Crippen LogP contribution in [0.1, 0.15) is 31.5 Å². The maximum atomic E-state index is 5.46. The maximum Gasteiger partial charge on any atom is 0.226 e. The first-order valence-electron chi connectivity index (χ1n) is 6.78. The fraction of sp³-hybridized carbons (Fsp3) is 0.727. The van der Waals surface area contributed by atoms with Gasteiger partial charge < -0.3 is 9.73 Å². The summed E-state index contributed by atoms with van der Waals surface area (Å²) in [6.45, 7) is 3.65. The van der Waals surface area contributed by atoms with Crippen LogP contribution in [0.5, 0.6) is 0 Å². The highest BCUT2D eigenvalue weighted by Gasteiger charge is 2.20. The fourth-order valence-electron chi connectivity index (χ4n) is 1.72. The molecule has 1 aliphatic rings. The maximum absolute atomic E-state index is 5.46. The molecule has 0 bridgehead atoms. The van der Waals surface area contributed by atoms with Gasteiger partial charge in [0, 0.05) is 19.0 Å². The number of rotatable bonds is 8. The highest BCUT2D eigenvalue weighted by atomic mass is 32.2. The molecule has 20 heavy (non-hydrogen) atoms. The van der Waals surface area contributed by atoms with Gasteiger partial charge in [-0.15, -0.1) is 15.3 Å². The molecular formula is C11H17N7OS. The first kappa shape index (κ1) is 13.5. The summed E-state index contributed by atoms with van der Waals surface area (Å²) in [7, 11) is 0. The Morgan fingerprint density at radius 3 is 2.90 bits per heavy atom. The molecular weight excluding hydrogens is 278 g/mol. The van der Waals surface area contributed by atoms with Crippen molar-refractivity contribution in [2.75, 3.05) is 6.54 Å². The van der Waals surface area contributed by atoms with Gasteiger partial charge >= 0.3 is 0 Å². The van der Waals surface area contributed by atoms with Gasteiger partial charge in [-0.3, -0.25) is 0 Å². The molecule has 1 saturated carbocycles. The summed E-state index contributed by atoms with van der Waals surface area (Å²) in [4.78, 5) is 0. The summed E-state index contributed by atoms with van der Waals surface area (Å²) in [6.07, 6.45) is 3.32. The van der Waals surface area contributed by atoms with E-state index in [1.54, 1.807) is 4.68 Å². The molecule has 0 amide bonds. The molecule has 8 nitrogen and oxygen atoms in total. The van der Waals surface area contributed by atoms with Crippen LogP contribution in [0, 0.1) is 0 Å². The Morgan fingerprint density at radius 1 is 1.30 bits per heavy atom. The van der Waals surface area contributed by atoms with E-state index >= 15 is 0 Å². The van der Waals surface area contributed by atoms with E-state index < -0.39 is 0 Å². The van der Waals surface area contributed by atoms with Crippen molar-refractivity contribution in [3.8, 4) is 0 Å². The lowest BCUT2D eigenvalue weighted by atomic mass is 10.5. The Bertz CT molecular complexity index is 550. The minimum absolute atomic E-state index is 0.587. The van der Waals surface area contributed by atoms with Gasteiger partial charge in [0.15, 0.2) is 0 Å². The van der Waals surface area contributed by atoms with Crippen molar-refractivity contribution < 1.29 is 4.42 Å². The number of hydrogen-bond donors (Lipinski definition) is 1. The van der Waals surface area contributed by atoms with Crippen LogP contribution in [0.4, 0.5) is 0 Å². The second-order valence-corrected chi connectivity index (χ2v) is 5.59. The van der Waals surface area contributed by atoms with Crippen molar-refractivity contribution in [3.05, 3.63) is 11.8 Å². The Labute approximate surface area is 120 Å². The largest absolute Gasteiger partial charge is 0.424 e. The van der Waals surface area contributed by atoms with E-state index in [1.165, 1.54) is 24.6 Å². The average Bonchev–Trinajstić information content (AvgIpc) is 3.00. The lowest BCUT2D eigenvalue weighted by Crippen LogP contribution is -2.22. The zero-order chi connectivity index (χ0) is 13.8. The molecule has 1 aliphatic carbocycles. The molecule has 0 aromatic carbocycles. The normalized spacial score (nSPS) is 14.8. The average molecular weight is 295 g/mol. The van der Waals surface area contributed by atoms with Crippen LogP contribution in [-0.4, -0.2) is 43.0 Å². The van der Waals surface area contributed by atoms with Crippen LogP contribution in [-0.2, 0) is 18.7 Å². The molecule has 0 atom stereocenters. The second-order valence-electron chi connectivity index (χ2n) is 4.64. The van der Waals surface area contributed by atoms with Crippen molar-refractivity contribution >= 4 is 11.8 Å². The quantitative estimate of drug-likeness (QED) is 0.710. The van der Waals surface area contributed by atoms with E-state index in [1.807, 2.05) is 6.92 Å². The molecule has 9 heteroatoms. The number of tetrazole rings is 1. The summed E-state index contributed by atoms with van der Waals surface area (Å²) in [5, 5.41) is 23.9. The molecule has 0 aliphatic heterocycles. The third-order valence-corrected chi connectivity index (χ3v) is 3.91. The predicted octanol–water partition coefficient (Wildman–Crippen LogP) is 0.663. The number of aromatic nitrogens is 6. The molecule has 3 rings (SSSR count). The molecule has 2 aromatic heterocycles. The predicted molar refractivity (Wildman–Crippen MR) is 72.1 cm³/mol. The van der Waals surface area contributed by atoms with Gasteiger partial charge in [-0.2, -0.15) is 0 Å². The SMILES string of the molecule is CCc1nnc(CSc2nnnn2CCNC2CC2)o1. The van der Waals surface area contributed by atoms with Crippen LogP contribution >= 0.6 is 11.8 Å². The van der Waals surface area contributed by atoms with E-state index in [0.717, 1.165) is 24.7 Å². The summed E-state index contributed by atoms with van der Waals surface area (Å²) in [6, 6.07) is 0.702. The van der Waals surface area contributed by atoms with Gasteiger partial charge in [-0.05, 0) is 23.3 Å². The molecule has 108 valence electrons. The van der Waals surface area contributed by atoms with Crippen LogP contribution in [0.25, 0.3) is 0 Å². The van der Waals surface area contributed by atoms with E-state index in [9.17, 15) is 0 Å². The first-order chi connectivity index (χ1) is 9.85. The lowest BCUT2D eigenvalue weighted by molar-refractivity contribution is 0.469. The van der Waals surface area contributed by atoms with E-state index in [4.69, 9.17) is 4.42 Å². The van der Waals surface area contributed by atoms with Gasteiger partial charge in [0.05, 0.1) is 12.3 Å². The van der Waals surface area contributed by atoms with Gasteiger partial charge in [0.1, 0.15) is 0 Å². The molecule has 0 spiro atoms. The van der Waals surface area contributed by atoms with E-state index in [-0.39, 0.29) is 0 Å². The van der Waals surface area contributed by atoms with Gasteiger partial charge in [-0.1, -0.05) is 18.7 Å². The van der Waals surface area contributed by atoms with Crippen LogP contribution in [0.2, 0.25) is 0 Å². The number of thioether (sulfide) groups is 1. The molecule has 0 radical (unpaired) electrons. The summed E-state index contributed by atoms with van der Waals surface area (Å²) < 4.78 is 7.26. The highest BCUT2D eigenvalue weighted by Crippen LogP contribution is 2.20. The third-order valence-electron chi connectivity index (χ3n) is 2.97. The molecule has 1 fully saturated rings. The summed E-state index contributed by atoms with van der Waals surface area (Å²) in [5.41, 5.74) is 0. The summed E-state index contributed by atoms with van der Waals surface area (Å²) in [5.74, 6) is 1.86. The number of hydrogen-bond acceptors (Lipinski definition) is 8. The van der Waals surface area contributed by atoms with Crippen LogP contribution in [0.3, 0.4) is 0 Å². The number of nitrogens with one attached hydrogen (secondary N) is 1. The number of nitrogens with zero attached hydrogens (tertiary/aromatic N) is 6. The Hall–Kier alpha value is -1.48. The van der Waals surface area contributed by atoms with Crippen molar-refractivity contribution in [1.29, 1.82) is 0 Å². The standard InChI is InChI=1S/C11H17N7OS/c1-2-9-13-14-10(19-9)7-20-11-15-16-17-18(11)6-5-12-8-3-4-8/h8,12H,2-7H2,1H3. The van der Waals surface area contributed by atoms with Crippen molar-refractivity contribution in [2.45, 2.75) is 49.7 Å². The smallest absolute Gasteiger partial charge is 0.226 e. The Balaban J connectivity index is 1.50. The molecule has 2 heterocycles. The van der Waals surface area contributed by atoms with Crippen molar-refractivity contribution in [3.63, 3.8) is 0 Å². The van der Waals surface area contributed by atoms with E-state index in [2.05, 4.69) is 31.0 Å². The minimum atomic E-state index is 0.587. The molecule has 2 aromatic rings. The monoisotopic (exact) mass is 295 g/mol. The second kappa shape index (κ2) is 6.31. The molecule has 0 unspecified atom stereocenters. The van der Waals surface area contributed by atoms with Gasteiger partial charge in [-0.25, -0.2) is 4.68 Å². The zero-order valence-corrected chi connectivity index (χ0v) is 12.1. The Morgan fingerprint density at radius 2 is 2.15 bits per heavy atom. The number of aryl methyl sites for hydroxylation is 1. The highest BCUT2D eigenvalue weighted by molar-refractivity contribution is 7.98. The zero-order valence-electron chi connectivity index (χ0n) is 11.3. The van der Waals surface area contributed by atoms with E-state index in [0.29, 0.717) is 23.6 Å². The lowest BCUT2D eigenvalue weighted by Gasteiger charge is -2.04. The van der Waals surface area contributed by atoms with Crippen LogP contribution < -0.4 is 5.32 Å². The Kier molecular flexibility index (Phi) is 4.26. The van der Waals surface area contributed by atoms with Crippen LogP contribution in [0.15, 0.2) is 9.57 Å². The van der Waals surface area contributed by atoms with Gasteiger partial charge in [0.25, 0.3) is 0 Å². The molecule has 0 saturated heterocycles. The summed E-state index contributed by atoms with van der Waals surface area (Å²) >= 11 is 1.51.